The molecule has 1 aromatic carbocycles. The molecule has 0 radical (unpaired) electrons. The van der Waals surface area contributed by atoms with Gasteiger partial charge >= 0.3 is 0 Å². The largest absolute Gasteiger partial charge is 0.383 e. The van der Waals surface area contributed by atoms with E-state index < -0.39 is 0 Å². The highest BCUT2D eigenvalue weighted by Gasteiger charge is 2.16. The van der Waals surface area contributed by atoms with E-state index in [0.29, 0.717) is 21.5 Å². The van der Waals surface area contributed by atoms with Gasteiger partial charge in [-0.05, 0) is 52.7 Å². The minimum absolute atomic E-state index is 0.355. The predicted octanol–water partition coefficient (Wildman–Crippen LogP) is 4.56. The number of hydrogen-bond acceptors (Lipinski definition) is 2. The van der Waals surface area contributed by atoms with Crippen LogP contribution in [-0.4, -0.2) is 9.38 Å². The molecule has 3 rings (SSSR count). The number of benzene rings is 1. The van der Waals surface area contributed by atoms with Gasteiger partial charge in [0.1, 0.15) is 23.0 Å². The second-order valence-corrected chi connectivity index (χ2v) is 6.34. The summed E-state index contributed by atoms with van der Waals surface area (Å²) in [6.45, 7) is 1.94. The number of nitrogens with zero attached hydrogens (tertiary/aromatic N) is 2. The van der Waals surface area contributed by atoms with Crippen molar-refractivity contribution in [3.05, 3.63) is 50.8 Å². The van der Waals surface area contributed by atoms with Gasteiger partial charge in [-0.15, -0.1) is 0 Å². The number of pyridine rings is 1. The van der Waals surface area contributed by atoms with E-state index in [2.05, 4.69) is 36.8 Å². The summed E-state index contributed by atoms with van der Waals surface area (Å²) in [6.07, 6.45) is 1.82. The summed E-state index contributed by atoms with van der Waals surface area (Å²) in [5.74, 6) is 0.0665. The Morgan fingerprint density at radius 2 is 1.95 bits per heavy atom. The van der Waals surface area contributed by atoms with Crippen LogP contribution in [0.1, 0.15) is 5.56 Å². The van der Waals surface area contributed by atoms with Crippen LogP contribution in [0.25, 0.3) is 16.9 Å². The van der Waals surface area contributed by atoms with Gasteiger partial charge in [0.2, 0.25) is 0 Å². The fraction of sp³-hybridized carbons (Fsp3) is 0.0714. The van der Waals surface area contributed by atoms with Crippen molar-refractivity contribution in [1.82, 2.24) is 9.38 Å². The van der Waals surface area contributed by atoms with Crippen LogP contribution in [0, 0.1) is 12.7 Å². The molecule has 0 saturated carbocycles. The van der Waals surface area contributed by atoms with Gasteiger partial charge in [-0.25, -0.2) is 9.37 Å². The maximum absolute atomic E-state index is 14.1. The minimum atomic E-state index is -0.355. The molecule has 3 aromatic rings. The van der Waals surface area contributed by atoms with Crippen LogP contribution in [-0.2, 0) is 0 Å². The van der Waals surface area contributed by atoms with Crippen molar-refractivity contribution in [3.63, 3.8) is 0 Å². The first kappa shape index (κ1) is 13.6. The number of aryl methyl sites for hydroxylation is 1. The van der Waals surface area contributed by atoms with Gasteiger partial charge in [-0.3, -0.25) is 4.40 Å². The number of halogens is 3. The lowest BCUT2D eigenvalue weighted by Crippen LogP contribution is -1.96. The van der Waals surface area contributed by atoms with Crippen molar-refractivity contribution < 1.29 is 4.39 Å². The first-order valence-electron chi connectivity index (χ1n) is 5.86. The monoisotopic (exact) mass is 397 g/mol. The van der Waals surface area contributed by atoms with Crippen molar-refractivity contribution in [1.29, 1.82) is 0 Å². The van der Waals surface area contributed by atoms with Gasteiger partial charge in [-0.1, -0.05) is 15.9 Å². The summed E-state index contributed by atoms with van der Waals surface area (Å²) in [5, 5.41) is 0. The highest BCUT2D eigenvalue weighted by Crippen LogP contribution is 2.31. The van der Waals surface area contributed by atoms with Gasteiger partial charge in [0.25, 0.3) is 0 Å². The zero-order valence-electron chi connectivity index (χ0n) is 10.5. The third-order valence-electron chi connectivity index (χ3n) is 3.09. The Kier molecular flexibility index (Phi) is 3.30. The fourth-order valence-electron chi connectivity index (χ4n) is 2.17. The normalized spacial score (nSPS) is 11.2. The zero-order valence-corrected chi connectivity index (χ0v) is 13.7. The molecule has 3 nitrogen and oxygen atoms in total. The molecule has 102 valence electrons. The van der Waals surface area contributed by atoms with E-state index in [-0.39, 0.29) is 5.82 Å². The van der Waals surface area contributed by atoms with Crippen molar-refractivity contribution >= 4 is 43.3 Å². The van der Waals surface area contributed by atoms with E-state index in [0.717, 1.165) is 15.7 Å². The Morgan fingerprint density at radius 1 is 1.20 bits per heavy atom. The van der Waals surface area contributed by atoms with Crippen LogP contribution < -0.4 is 5.73 Å². The highest BCUT2D eigenvalue weighted by atomic mass is 79.9. The Morgan fingerprint density at radius 3 is 2.65 bits per heavy atom. The second kappa shape index (κ2) is 4.86. The summed E-state index contributed by atoms with van der Waals surface area (Å²) in [5.41, 5.74) is 8.66. The second-order valence-electron chi connectivity index (χ2n) is 4.50. The molecule has 20 heavy (non-hydrogen) atoms. The molecule has 0 amide bonds. The number of imidazole rings is 1. The molecule has 0 spiro atoms. The van der Waals surface area contributed by atoms with E-state index in [1.54, 1.807) is 16.5 Å². The van der Waals surface area contributed by atoms with Crippen molar-refractivity contribution in [2.45, 2.75) is 6.92 Å². The van der Waals surface area contributed by atoms with Crippen LogP contribution in [0.4, 0.5) is 10.2 Å². The molecule has 0 aliphatic heterocycles. The topological polar surface area (TPSA) is 43.3 Å². The van der Waals surface area contributed by atoms with Gasteiger partial charge in [0.05, 0.1) is 0 Å². The molecule has 0 aliphatic carbocycles. The summed E-state index contributed by atoms with van der Waals surface area (Å²) in [6, 6.07) is 6.79. The van der Waals surface area contributed by atoms with E-state index in [1.165, 1.54) is 6.07 Å². The van der Waals surface area contributed by atoms with E-state index >= 15 is 0 Å². The van der Waals surface area contributed by atoms with E-state index in [1.807, 2.05) is 19.2 Å². The maximum Gasteiger partial charge on any atom is 0.142 e. The molecule has 6 heteroatoms. The van der Waals surface area contributed by atoms with Crippen LogP contribution in [0.15, 0.2) is 39.4 Å². The molecule has 2 aromatic heterocycles. The first-order chi connectivity index (χ1) is 9.47. The van der Waals surface area contributed by atoms with Crippen LogP contribution in [0.5, 0.6) is 0 Å². The predicted molar refractivity (Wildman–Crippen MR) is 85.1 cm³/mol. The molecule has 0 unspecified atom stereocenters. The number of nitrogens with two attached hydrogens (primary N) is 1. The minimum Gasteiger partial charge on any atom is -0.383 e. The van der Waals surface area contributed by atoms with Crippen molar-refractivity contribution in [3.8, 4) is 11.3 Å². The van der Waals surface area contributed by atoms with E-state index in [9.17, 15) is 4.39 Å². The average molecular weight is 399 g/mol. The lowest BCUT2D eigenvalue weighted by atomic mass is 10.1. The third kappa shape index (κ3) is 2.13. The lowest BCUT2D eigenvalue weighted by Gasteiger charge is -2.02. The highest BCUT2D eigenvalue weighted by molar-refractivity contribution is 9.10. The Labute approximate surface area is 131 Å². The quantitative estimate of drug-likeness (QED) is 0.653. The summed E-state index contributed by atoms with van der Waals surface area (Å²) >= 11 is 6.66. The molecule has 0 saturated heterocycles. The smallest absolute Gasteiger partial charge is 0.142 e. The lowest BCUT2D eigenvalue weighted by molar-refractivity contribution is 0.630. The molecule has 2 N–H and O–H groups in total. The first-order valence-corrected chi connectivity index (χ1v) is 7.45. The SMILES string of the molecule is Cc1cc(Br)cn2c(N)c(-c3ccc(Br)cc3F)nc12. The molecule has 0 atom stereocenters. The number of hydrogen-bond donors (Lipinski definition) is 1. The molecular formula is C14H10Br2FN3. The molecule has 0 bridgehead atoms. The number of anilines is 1. The van der Waals surface area contributed by atoms with Crippen LogP contribution in [0.2, 0.25) is 0 Å². The molecule has 0 aliphatic rings. The third-order valence-corrected chi connectivity index (χ3v) is 4.02. The average Bonchev–Trinajstić information content (AvgIpc) is 2.68. The van der Waals surface area contributed by atoms with Gasteiger partial charge in [-0.2, -0.15) is 0 Å². The number of rotatable bonds is 1. The number of fused-ring (bicyclic) bond motifs is 1. The van der Waals surface area contributed by atoms with Gasteiger partial charge < -0.3 is 5.73 Å². The number of nitrogen functional groups attached to an aromatic ring is 1. The molecular weight excluding hydrogens is 389 g/mol. The van der Waals surface area contributed by atoms with Gasteiger partial charge in [0.15, 0.2) is 0 Å². The van der Waals surface area contributed by atoms with E-state index in [4.69, 9.17) is 5.73 Å². The van der Waals surface area contributed by atoms with Crippen molar-refractivity contribution in [2.24, 2.45) is 0 Å². The Hall–Kier alpha value is -1.40. The summed E-state index contributed by atoms with van der Waals surface area (Å²) in [4.78, 5) is 4.48. The van der Waals surface area contributed by atoms with Crippen LogP contribution in [0.3, 0.4) is 0 Å². The molecule has 0 fully saturated rings. The maximum atomic E-state index is 14.1. The summed E-state index contributed by atoms with van der Waals surface area (Å²) < 4.78 is 17.4. The standard InChI is InChI=1S/C14H10Br2FN3/c1-7-4-9(16)6-20-13(18)12(19-14(7)20)10-3-2-8(15)5-11(10)17/h2-6H,18H2,1H3. The molecule has 2 heterocycles. The van der Waals surface area contributed by atoms with Crippen LogP contribution >= 0.6 is 31.9 Å². The Bertz CT molecular complexity index is 827. The van der Waals surface area contributed by atoms with Gasteiger partial charge in [0, 0.05) is 20.7 Å². The fourth-order valence-corrected chi connectivity index (χ4v) is 3.05. The summed E-state index contributed by atoms with van der Waals surface area (Å²) in [7, 11) is 0. The zero-order chi connectivity index (χ0) is 14.4. The Balaban J connectivity index is 2.32. The number of aromatic nitrogens is 2. The van der Waals surface area contributed by atoms with Crippen molar-refractivity contribution in [2.75, 3.05) is 5.73 Å².